The molecule has 3 aromatic rings. The molecule has 1 N–H and O–H groups in total. The summed E-state index contributed by atoms with van der Waals surface area (Å²) < 4.78 is 5.03. The molecule has 1 unspecified atom stereocenters. The van der Waals surface area contributed by atoms with Crippen LogP contribution in [-0.2, 0) is 0 Å². The van der Waals surface area contributed by atoms with Gasteiger partial charge in [0.05, 0.1) is 0 Å². The second-order valence-corrected chi connectivity index (χ2v) is 17.4. The van der Waals surface area contributed by atoms with Crippen molar-refractivity contribution in [1.82, 2.24) is 0 Å². The number of benzene rings is 2. The van der Waals surface area contributed by atoms with Crippen molar-refractivity contribution < 1.29 is 5.11 Å². The molecule has 0 amide bonds. The van der Waals surface area contributed by atoms with Crippen molar-refractivity contribution in [3.63, 3.8) is 0 Å². The van der Waals surface area contributed by atoms with E-state index in [1.807, 2.05) is 12.1 Å². The van der Waals surface area contributed by atoms with Crippen molar-refractivity contribution in [3.8, 4) is 15.8 Å². The van der Waals surface area contributed by atoms with E-state index in [0.717, 1.165) is 28.7 Å². The number of hydrogen-bond acceptors (Lipinski definition) is 2. The Balaban J connectivity index is 2.16. The standard InChI is InChI=1S/C21H18Br2INOSeSi/c1-4-9-28(3)15-10-12(26)6-8-13(15)25-14-7-5-11(2)16(20(14)28)19-17(22)18(24)21(23)27-19/h5-8,10,26H,2,4,9H2,1,3H3. The zero-order valence-electron chi connectivity index (χ0n) is 15.4. The molecule has 4 rings (SSSR count). The molecular weight excluding hydrogens is 676 g/mol. The molecule has 0 saturated carbocycles. The van der Waals surface area contributed by atoms with Gasteiger partial charge in [-0.25, -0.2) is 0 Å². The second kappa shape index (κ2) is 7.82. The van der Waals surface area contributed by atoms with E-state index in [4.69, 9.17) is 4.99 Å². The summed E-state index contributed by atoms with van der Waals surface area (Å²) in [5.74, 6) is 0.323. The van der Waals surface area contributed by atoms with Crippen molar-refractivity contribution in [3.05, 3.63) is 52.3 Å². The quantitative estimate of drug-likeness (QED) is 0.318. The summed E-state index contributed by atoms with van der Waals surface area (Å²) in [5.41, 5.74) is 2.28. The molecule has 1 aliphatic rings. The molecule has 1 aromatic heterocycles. The average Bonchev–Trinajstić information content (AvgIpc) is 2.91. The third-order valence-corrected chi connectivity index (χ3v) is 18.2. The summed E-state index contributed by atoms with van der Waals surface area (Å²) in [7, 11) is -2.10. The fourth-order valence-corrected chi connectivity index (χ4v) is 14.4. The molecule has 2 heterocycles. The summed E-state index contributed by atoms with van der Waals surface area (Å²) in [6, 6.07) is 11.0. The molecule has 144 valence electrons. The van der Waals surface area contributed by atoms with E-state index in [1.165, 1.54) is 31.8 Å². The first-order valence-electron chi connectivity index (χ1n) is 8.96. The summed E-state index contributed by atoms with van der Waals surface area (Å²) in [4.78, 5) is 5.00. The Labute approximate surface area is 201 Å². The molecule has 2 aromatic carbocycles. The van der Waals surface area contributed by atoms with E-state index in [9.17, 15) is 5.11 Å². The topological polar surface area (TPSA) is 32.6 Å². The normalized spacial score (nSPS) is 17.8. The molecule has 7 heteroatoms. The van der Waals surface area contributed by atoms with Crippen LogP contribution in [0.4, 0.5) is 5.69 Å². The number of aromatic hydroxyl groups is 1. The maximum absolute atomic E-state index is 10.2. The number of phenolic OH excluding ortho intramolecular Hbond substituents is 1. The van der Waals surface area contributed by atoms with Crippen LogP contribution in [0.1, 0.15) is 13.3 Å². The first-order chi connectivity index (χ1) is 13.3. The molecule has 0 saturated heterocycles. The van der Waals surface area contributed by atoms with Crippen LogP contribution in [-0.4, -0.2) is 27.7 Å². The SMILES string of the molecule is C=c1ccc2c(c1-c1[se]c(Br)c(I)c1Br)[Si](C)(CCC)c1cc(O)ccc1N=2. The number of rotatable bonds is 3. The summed E-state index contributed by atoms with van der Waals surface area (Å²) >= 11 is 10.2. The summed E-state index contributed by atoms with van der Waals surface area (Å²) in [5, 5.41) is 15.0. The predicted octanol–water partition coefficient (Wildman–Crippen LogP) is 4.52. The van der Waals surface area contributed by atoms with Gasteiger partial charge in [-0.2, -0.15) is 0 Å². The van der Waals surface area contributed by atoms with Crippen LogP contribution in [0, 0.1) is 3.57 Å². The molecule has 0 radical (unpaired) electrons. The van der Waals surface area contributed by atoms with Gasteiger partial charge >= 0.3 is 204 Å². The first-order valence-corrected chi connectivity index (χ1v) is 16.0. The molecule has 1 aliphatic heterocycles. The molecule has 28 heavy (non-hydrogen) atoms. The Morgan fingerprint density at radius 3 is 2.64 bits per heavy atom. The zero-order chi connectivity index (χ0) is 20.2. The predicted molar refractivity (Wildman–Crippen MR) is 137 cm³/mol. The second-order valence-electron chi connectivity index (χ2n) is 7.22. The van der Waals surface area contributed by atoms with Crippen LogP contribution in [0.5, 0.6) is 5.75 Å². The fraction of sp³-hybridized carbons (Fsp3) is 0.190. The Kier molecular flexibility index (Phi) is 5.88. The molecule has 0 fully saturated rings. The van der Waals surface area contributed by atoms with Crippen molar-refractivity contribution in [2.45, 2.75) is 25.9 Å². The van der Waals surface area contributed by atoms with Crippen LogP contribution in [0.25, 0.3) is 16.6 Å². The number of phenols is 1. The molecule has 2 nitrogen and oxygen atoms in total. The van der Waals surface area contributed by atoms with Crippen molar-refractivity contribution >= 4 is 99.7 Å². The van der Waals surface area contributed by atoms with Crippen molar-refractivity contribution in [2.24, 2.45) is 4.99 Å². The van der Waals surface area contributed by atoms with Crippen LogP contribution >= 0.6 is 54.5 Å². The third-order valence-electron chi connectivity index (χ3n) is 5.37. The van der Waals surface area contributed by atoms with Gasteiger partial charge in [0.2, 0.25) is 0 Å². The van der Waals surface area contributed by atoms with E-state index in [-0.39, 0.29) is 14.5 Å². The van der Waals surface area contributed by atoms with Crippen LogP contribution in [0.3, 0.4) is 0 Å². The Morgan fingerprint density at radius 2 is 2.00 bits per heavy atom. The van der Waals surface area contributed by atoms with E-state index >= 15 is 0 Å². The third kappa shape index (κ3) is 3.26. The Bertz CT molecular complexity index is 1230. The Hall–Kier alpha value is -0.184. The molecule has 0 spiro atoms. The van der Waals surface area contributed by atoms with Gasteiger partial charge in [0.15, 0.2) is 0 Å². The van der Waals surface area contributed by atoms with Crippen molar-refractivity contribution in [1.29, 1.82) is 0 Å². The minimum absolute atomic E-state index is 0.206. The molecule has 0 aliphatic carbocycles. The molecule has 0 bridgehead atoms. The number of hydrogen-bond donors (Lipinski definition) is 1. The molecule has 1 atom stereocenters. The summed E-state index contributed by atoms with van der Waals surface area (Å²) in [6.45, 7) is 9.08. The Morgan fingerprint density at radius 1 is 1.25 bits per heavy atom. The average molecular weight is 694 g/mol. The number of halogens is 3. The van der Waals surface area contributed by atoms with Gasteiger partial charge in [0.1, 0.15) is 0 Å². The van der Waals surface area contributed by atoms with E-state index in [2.05, 4.69) is 86.6 Å². The fourth-order valence-electron chi connectivity index (χ4n) is 4.16. The monoisotopic (exact) mass is 693 g/mol. The van der Waals surface area contributed by atoms with Gasteiger partial charge in [-0.15, -0.1) is 0 Å². The summed E-state index contributed by atoms with van der Waals surface area (Å²) in [6.07, 6.45) is 1.10. The van der Waals surface area contributed by atoms with Gasteiger partial charge in [-0.1, -0.05) is 0 Å². The van der Waals surface area contributed by atoms with Crippen LogP contribution in [0.2, 0.25) is 12.6 Å². The van der Waals surface area contributed by atoms with E-state index < -0.39 is 8.07 Å². The van der Waals surface area contributed by atoms with Gasteiger partial charge in [-0.05, 0) is 0 Å². The van der Waals surface area contributed by atoms with Crippen molar-refractivity contribution in [2.75, 3.05) is 0 Å². The number of nitrogens with zero attached hydrogens (tertiary/aromatic N) is 1. The maximum atomic E-state index is 10.2. The number of fused-ring (bicyclic) bond motifs is 2. The first kappa shape index (κ1) is 21.1. The van der Waals surface area contributed by atoms with E-state index in [1.54, 1.807) is 6.07 Å². The van der Waals surface area contributed by atoms with Gasteiger partial charge < -0.3 is 0 Å². The van der Waals surface area contributed by atoms with Crippen LogP contribution in [0.15, 0.2) is 43.1 Å². The van der Waals surface area contributed by atoms with Gasteiger partial charge in [0, 0.05) is 0 Å². The van der Waals surface area contributed by atoms with Gasteiger partial charge in [-0.3, -0.25) is 0 Å². The zero-order valence-corrected chi connectivity index (χ0v) is 23.5. The van der Waals surface area contributed by atoms with Gasteiger partial charge in [0.25, 0.3) is 0 Å². The molecular formula is C21H18Br2INOSeSi. The van der Waals surface area contributed by atoms with Crippen LogP contribution < -0.4 is 20.9 Å². The van der Waals surface area contributed by atoms with E-state index in [0.29, 0.717) is 5.75 Å². The minimum atomic E-state index is -2.10.